The highest BCUT2D eigenvalue weighted by Crippen LogP contribution is 2.29. The summed E-state index contributed by atoms with van der Waals surface area (Å²) < 4.78 is 0. The summed E-state index contributed by atoms with van der Waals surface area (Å²) >= 11 is 12.0. The normalized spacial score (nSPS) is 12.5. The van der Waals surface area contributed by atoms with Crippen LogP contribution < -0.4 is 10.0 Å². The third kappa shape index (κ3) is 5.36. The molecule has 0 spiro atoms. The van der Waals surface area contributed by atoms with Gasteiger partial charge in [-0.05, 0) is 101 Å². The maximum absolute atomic E-state index is 6.02. The van der Waals surface area contributed by atoms with Crippen LogP contribution in [0.4, 0.5) is 11.4 Å². The Morgan fingerprint density at radius 1 is 0.577 bits per heavy atom. The van der Waals surface area contributed by atoms with Gasteiger partial charge in [0.1, 0.15) is 0 Å². The molecule has 0 aliphatic carbocycles. The first-order valence-electron chi connectivity index (χ1n) is 8.52. The topological polar surface area (TPSA) is 31.2 Å². The number of nitrogens with zero attached hydrogens (tertiary/aromatic N) is 4. The van der Waals surface area contributed by atoms with E-state index in [1.54, 1.807) is 0 Å². The van der Waals surface area contributed by atoms with Gasteiger partial charge in [-0.2, -0.15) is 0 Å². The second kappa shape index (κ2) is 7.85. The van der Waals surface area contributed by atoms with Gasteiger partial charge in [-0.1, -0.05) is 23.2 Å². The lowest BCUT2D eigenvalue weighted by Gasteiger charge is -2.35. The Morgan fingerprint density at radius 2 is 0.846 bits per heavy atom. The molecule has 0 atom stereocenters. The molecule has 0 aliphatic rings. The van der Waals surface area contributed by atoms with E-state index in [0.717, 1.165) is 11.4 Å². The van der Waals surface area contributed by atoms with Crippen molar-refractivity contribution in [1.82, 2.24) is 0 Å². The molecule has 0 aromatic heterocycles. The third-order valence-corrected chi connectivity index (χ3v) is 4.14. The van der Waals surface area contributed by atoms with Crippen LogP contribution in [0.5, 0.6) is 0 Å². The average molecular weight is 393 g/mol. The van der Waals surface area contributed by atoms with Gasteiger partial charge in [-0.15, -0.1) is 0 Å². The van der Waals surface area contributed by atoms with E-state index in [2.05, 4.69) is 52.0 Å². The molecule has 0 fully saturated rings. The van der Waals surface area contributed by atoms with E-state index in [4.69, 9.17) is 23.2 Å². The number of hydrogen-bond acceptors (Lipinski definition) is 2. The molecule has 0 N–H and O–H groups in total. The van der Waals surface area contributed by atoms with E-state index >= 15 is 0 Å². The van der Waals surface area contributed by atoms with E-state index in [0.29, 0.717) is 10.0 Å². The first kappa shape index (κ1) is 20.5. The second-order valence-corrected chi connectivity index (χ2v) is 8.97. The molecule has 0 radical (unpaired) electrons. The van der Waals surface area contributed by atoms with Crippen molar-refractivity contribution in [2.45, 2.75) is 52.6 Å². The molecule has 2 aromatic carbocycles. The second-order valence-electron chi connectivity index (χ2n) is 8.10. The van der Waals surface area contributed by atoms with Crippen molar-refractivity contribution in [2.75, 3.05) is 10.0 Å². The van der Waals surface area contributed by atoms with Crippen LogP contribution in [0.2, 0.25) is 10.0 Å². The van der Waals surface area contributed by atoms with Gasteiger partial charge in [0.25, 0.3) is 0 Å². The van der Waals surface area contributed by atoms with Crippen LogP contribution in [0.1, 0.15) is 41.5 Å². The predicted octanol–water partition coefficient (Wildman–Crippen LogP) is 7.19. The summed E-state index contributed by atoms with van der Waals surface area (Å²) in [5.41, 5.74) is 1.35. The average Bonchev–Trinajstić information content (AvgIpc) is 2.52. The van der Waals surface area contributed by atoms with Gasteiger partial charge >= 0.3 is 0 Å². The maximum Gasteiger partial charge on any atom is 0.0619 e. The molecule has 0 heterocycles. The molecular formula is C20H26Cl2N4. The molecule has 6 heteroatoms. The van der Waals surface area contributed by atoms with Crippen molar-refractivity contribution in [1.29, 1.82) is 0 Å². The minimum absolute atomic E-state index is 0.249. The zero-order valence-electron chi connectivity index (χ0n) is 16.2. The molecule has 0 unspecified atom stereocenters. The summed E-state index contributed by atoms with van der Waals surface area (Å²) in [5.74, 6) is 0. The van der Waals surface area contributed by atoms with Crippen LogP contribution in [-0.4, -0.2) is 11.1 Å². The molecule has 0 amide bonds. The standard InChI is InChI=1S/C20H26Cl2N4/c1-19(2,3)25(17-11-7-15(21)8-12-17)23-24-26(20(4,5)6)18-13-9-16(22)10-14-18/h7-14H,1-6H3. The quantitative estimate of drug-likeness (QED) is 0.407. The van der Waals surface area contributed by atoms with Crippen LogP contribution in [0.3, 0.4) is 0 Å². The Kier molecular flexibility index (Phi) is 6.20. The summed E-state index contributed by atoms with van der Waals surface area (Å²) in [6.07, 6.45) is 0. The van der Waals surface area contributed by atoms with E-state index in [-0.39, 0.29) is 11.1 Å². The molecule has 0 bridgehead atoms. The summed E-state index contributed by atoms with van der Waals surface area (Å²) in [7, 11) is 0. The highest BCUT2D eigenvalue weighted by atomic mass is 35.5. The van der Waals surface area contributed by atoms with Crippen LogP contribution >= 0.6 is 23.2 Å². The Hall–Kier alpha value is -1.78. The molecule has 0 saturated heterocycles. The molecule has 4 nitrogen and oxygen atoms in total. The van der Waals surface area contributed by atoms with Crippen molar-refractivity contribution < 1.29 is 0 Å². The fraction of sp³-hybridized carbons (Fsp3) is 0.400. The number of halogens is 2. The van der Waals surface area contributed by atoms with Crippen LogP contribution in [0, 0.1) is 0 Å². The van der Waals surface area contributed by atoms with Crippen molar-refractivity contribution in [3.8, 4) is 0 Å². The molecule has 140 valence electrons. The Balaban J connectivity index is 2.41. The van der Waals surface area contributed by atoms with Crippen LogP contribution in [0.25, 0.3) is 0 Å². The molecule has 26 heavy (non-hydrogen) atoms. The Bertz CT molecular complexity index is 676. The SMILES string of the molecule is CC(C)(C)N(N=NN(c1ccc(Cl)cc1)C(C)(C)C)c1ccc(Cl)cc1. The van der Waals surface area contributed by atoms with Crippen LogP contribution in [-0.2, 0) is 0 Å². The molecule has 2 aromatic rings. The van der Waals surface area contributed by atoms with Crippen molar-refractivity contribution in [3.05, 3.63) is 58.6 Å². The fourth-order valence-electron chi connectivity index (χ4n) is 2.39. The summed E-state index contributed by atoms with van der Waals surface area (Å²) in [6, 6.07) is 15.2. The lowest BCUT2D eigenvalue weighted by atomic mass is 10.1. The van der Waals surface area contributed by atoms with Crippen molar-refractivity contribution >= 4 is 34.6 Å². The van der Waals surface area contributed by atoms with Crippen LogP contribution in [0.15, 0.2) is 59.0 Å². The number of rotatable bonds is 4. The van der Waals surface area contributed by atoms with E-state index in [1.807, 2.05) is 58.5 Å². The minimum atomic E-state index is -0.249. The monoisotopic (exact) mass is 392 g/mol. The number of anilines is 2. The van der Waals surface area contributed by atoms with Gasteiger partial charge in [0.15, 0.2) is 0 Å². The molecular weight excluding hydrogens is 367 g/mol. The first-order chi connectivity index (χ1) is 12.0. The summed E-state index contributed by atoms with van der Waals surface area (Å²) in [5, 5.41) is 14.3. The predicted molar refractivity (Wildman–Crippen MR) is 112 cm³/mol. The zero-order valence-corrected chi connectivity index (χ0v) is 17.7. The summed E-state index contributed by atoms with van der Waals surface area (Å²) in [4.78, 5) is 0. The van der Waals surface area contributed by atoms with Gasteiger partial charge in [0.05, 0.1) is 22.5 Å². The zero-order chi connectivity index (χ0) is 19.5. The minimum Gasteiger partial charge on any atom is -0.240 e. The largest absolute Gasteiger partial charge is 0.240 e. The molecule has 0 aliphatic heterocycles. The van der Waals surface area contributed by atoms with Gasteiger partial charge in [0.2, 0.25) is 0 Å². The van der Waals surface area contributed by atoms with Gasteiger partial charge in [-0.25, -0.2) is 10.0 Å². The third-order valence-electron chi connectivity index (χ3n) is 3.63. The summed E-state index contributed by atoms with van der Waals surface area (Å²) in [6.45, 7) is 12.5. The van der Waals surface area contributed by atoms with Gasteiger partial charge < -0.3 is 0 Å². The lowest BCUT2D eigenvalue weighted by molar-refractivity contribution is 0.461. The number of hydrogen-bond donors (Lipinski definition) is 0. The van der Waals surface area contributed by atoms with Crippen molar-refractivity contribution in [2.24, 2.45) is 10.4 Å². The Morgan fingerprint density at radius 3 is 1.08 bits per heavy atom. The molecule has 0 saturated carbocycles. The van der Waals surface area contributed by atoms with Gasteiger partial charge in [-0.3, -0.25) is 0 Å². The fourth-order valence-corrected chi connectivity index (χ4v) is 2.64. The van der Waals surface area contributed by atoms with E-state index < -0.39 is 0 Å². The number of benzene rings is 2. The molecule has 2 rings (SSSR count). The smallest absolute Gasteiger partial charge is 0.0619 e. The Labute approximate surface area is 166 Å². The van der Waals surface area contributed by atoms with E-state index in [9.17, 15) is 0 Å². The highest BCUT2D eigenvalue weighted by molar-refractivity contribution is 6.30. The first-order valence-corrected chi connectivity index (χ1v) is 9.27. The lowest BCUT2D eigenvalue weighted by Crippen LogP contribution is -2.40. The maximum atomic E-state index is 6.02. The highest BCUT2D eigenvalue weighted by Gasteiger charge is 2.25. The van der Waals surface area contributed by atoms with Gasteiger partial charge in [0, 0.05) is 10.0 Å². The van der Waals surface area contributed by atoms with Crippen molar-refractivity contribution in [3.63, 3.8) is 0 Å². The van der Waals surface area contributed by atoms with E-state index in [1.165, 1.54) is 0 Å².